The van der Waals surface area contributed by atoms with Crippen LogP contribution in [0.3, 0.4) is 0 Å². The van der Waals surface area contributed by atoms with Gasteiger partial charge in [0.15, 0.2) is 0 Å². The number of methoxy groups -OCH3 is 2. The van der Waals surface area contributed by atoms with Gasteiger partial charge < -0.3 is 14.2 Å². The average molecular weight is 289 g/mol. The number of aromatic nitrogens is 2. The zero-order chi connectivity index (χ0) is 14.8. The SMILES string of the molecule is C1CN2CC2O1.COc1nc(OC)c2ccc(C)cc2n1. The Hall–Kier alpha value is -1.92. The van der Waals surface area contributed by atoms with Gasteiger partial charge in [0.05, 0.1) is 31.7 Å². The second-order valence-corrected chi connectivity index (χ2v) is 5.06. The van der Waals surface area contributed by atoms with Crippen LogP contribution in [-0.4, -0.2) is 55.0 Å². The summed E-state index contributed by atoms with van der Waals surface area (Å²) in [7, 11) is 3.12. The van der Waals surface area contributed by atoms with Gasteiger partial charge in [-0.3, -0.25) is 4.90 Å². The molecule has 2 aromatic rings. The van der Waals surface area contributed by atoms with E-state index < -0.39 is 0 Å². The molecule has 4 rings (SSSR count). The Balaban J connectivity index is 0.000000180. The van der Waals surface area contributed by atoms with Gasteiger partial charge in [0.2, 0.25) is 5.88 Å². The number of rotatable bonds is 2. The van der Waals surface area contributed by atoms with Crippen LogP contribution in [0, 0.1) is 6.92 Å². The lowest BCUT2D eigenvalue weighted by Crippen LogP contribution is -1.97. The van der Waals surface area contributed by atoms with Gasteiger partial charge in [-0.15, -0.1) is 0 Å². The molecule has 2 unspecified atom stereocenters. The monoisotopic (exact) mass is 289 g/mol. The van der Waals surface area contributed by atoms with Crippen molar-refractivity contribution in [1.82, 2.24) is 14.9 Å². The molecule has 2 aliphatic rings. The maximum Gasteiger partial charge on any atom is 0.320 e. The van der Waals surface area contributed by atoms with Gasteiger partial charge >= 0.3 is 6.01 Å². The van der Waals surface area contributed by atoms with Gasteiger partial charge in [-0.2, -0.15) is 9.97 Å². The van der Waals surface area contributed by atoms with Crippen LogP contribution in [-0.2, 0) is 4.74 Å². The summed E-state index contributed by atoms with van der Waals surface area (Å²) in [6, 6.07) is 6.25. The molecular weight excluding hydrogens is 270 g/mol. The standard InChI is InChI=1S/C11H12N2O2.C4H7NO/c1-7-4-5-8-9(6-7)12-11(15-3)13-10(8)14-2;1-2-6-4-3-5(1)4/h4-6H,1-3H3;4H,1-3H2. The highest BCUT2D eigenvalue weighted by molar-refractivity contribution is 5.84. The van der Waals surface area contributed by atoms with Crippen LogP contribution in [0.5, 0.6) is 11.9 Å². The molecular formula is C15H19N3O3. The number of fused-ring (bicyclic) bond motifs is 2. The quantitative estimate of drug-likeness (QED) is 0.783. The maximum atomic E-state index is 5.18. The Labute approximate surface area is 123 Å². The van der Waals surface area contributed by atoms with E-state index >= 15 is 0 Å². The Morgan fingerprint density at radius 2 is 2.10 bits per heavy atom. The third-order valence-corrected chi connectivity index (χ3v) is 3.53. The molecule has 0 spiro atoms. The lowest BCUT2D eigenvalue weighted by Gasteiger charge is -2.06. The van der Waals surface area contributed by atoms with Gasteiger partial charge in [0.1, 0.15) is 6.23 Å². The molecule has 3 heterocycles. The summed E-state index contributed by atoms with van der Waals surface area (Å²) in [6.07, 6.45) is 0.546. The van der Waals surface area contributed by atoms with E-state index in [4.69, 9.17) is 14.2 Å². The Morgan fingerprint density at radius 3 is 2.62 bits per heavy atom. The van der Waals surface area contributed by atoms with Crippen LogP contribution in [0.1, 0.15) is 5.56 Å². The van der Waals surface area contributed by atoms with E-state index in [0.29, 0.717) is 18.1 Å². The molecule has 0 radical (unpaired) electrons. The highest BCUT2D eigenvalue weighted by Crippen LogP contribution is 2.25. The molecule has 6 heteroatoms. The molecule has 2 fully saturated rings. The van der Waals surface area contributed by atoms with E-state index in [1.54, 1.807) is 7.11 Å². The van der Waals surface area contributed by atoms with Crippen molar-refractivity contribution >= 4 is 10.9 Å². The summed E-state index contributed by atoms with van der Waals surface area (Å²) in [4.78, 5) is 10.7. The minimum absolute atomic E-state index is 0.324. The van der Waals surface area contributed by atoms with Gasteiger partial charge in [0.25, 0.3) is 0 Å². The maximum absolute atomic E-state index is 5.18. The molecule has 0 N–H and O–H groups in total. The zero-order valence-electron chi connectivity index (χ0n) is 12.5. The summed E-state index contributed by atoms with van der Waals surface area (Å²) < 4.78 is 15.3. The van der Waals surface area contributed by atoms with Crippen LogP contribution >= 0.6 is 0 Å². The summed E-state index contributed by atoms with van der Waals surface area (Å²) >= 11 is 0. The first-order chi connectivity index (χ1) is 10.2. The summed E-state index contributed by atoms with van der Waals surface area (Å²) in [6.45, 7) is 5.34. The van der Waals surface area contributed by atoms with Gasteiger partial charge in [-0.1, -0.05) is 6.07 Å². The first-order valence-electron chi connectivity index (χ1n) is 6.93. The van der Waals surface area contributed by atoms with E-state index in [1.807, 2.05) is 25.1 Å². The number of aryl methyl sites for hydroxylation is 1. The molecule has 2 aliphatic heterocycles. The molecule has 21 heavy (non-hydrogen) atoms. The van der Waals surface area contributed by atoms with E-state index in [2.05, 4.69) is 14.9 Å². The van der Waals surface area contributed by atoms with E-state index in [0.717, 1.165) is 23.1 Å². The van der Waals surface area contributed by atoms with Crippen molar-refractivity contribution in [3.63, 3.8) is 0 Å². The fourth-order valence-electron chi connectivity index (χ4n) is 2.29. The van der Waals surface area contributed by atoms with Crippen LogP contribution in [0.25, 0.3) is 10.9 Å². The van der Waals surface area contributed by atoms with Crippen molar-refractivity contribution in [2.24, 2.45) is 0 Å². The molecule has 1 aromatic heterocycles. The van der Waals surface area contributed by atoms with Crippen LogP contribution in [0.15, 0.2) is 18.2 Å². The summed E-state index contributed by atoms with van der Waals surface area (Å²) in [5, 5.41) is 0.893. The molecule has 0 saturated carbocycles. The fourth-order valence-corrected chi connectivity index (χ4v) is 2.29. The largest absolute Gasteiger partial charge is 0.480 e. The molecule has 112 valence electrons. The van der Waals surface area contributed by atoms with Crippen molar-refractivity contribution in [3.05, 3.63) is 23.8 Å². The van der Waals surface area contributed by atoms with Gasteiger partial charge in [-0.05, 0) is 24.6 Å². The predicted octanol–water partition coefficient (Wildman–Crippen LogP) is 1.61. The zero-order valence-corrected chi connectivity index (χ0v) is 12.5. The number of benzene rings is 1. The minimum Gasteiger partial charge on any atom is -0.480 e. The van der Waals surface area contributed by atoms with Crippen LogP contribution in [0.4, 0.5) is 0 Å². The predicted molar refractivity (Wildman–Crippen MR) is 78.7 cm³/mol. The Morgan fingerprint density at radius 1 is 1.24 bits per heavy atom. The van der Waals surface area contributed by atoms with Crippen molar-refractivity contribution in [2.75, 3.05) is 33.9 Å². The van der Waals surface area contributed by atoms with Gasteiger partial charge in [0, 0.05) is 13.1 Å². The smallest absolute Gasteiger partial charge is 0.320 e. The van der Waals surface area contributed by atoms with E-state index in [-0.39, 0.29) is 0 Å². The number of hydrogen-bond acceptors (Lipinski definition) is 6. The molecule has 2 atom stereocenters. The second-order valence-electron chi connectivity index (χ2n) is 5.06. The topological polar surface area (TPSA) is 56.5 Å². The number of nitrogens with zero attached hydrogens (tertiary/aromatic N) is 3. The number of morpholine rings is 1. The highest BCUT2D eigenvalue weighted by atomic mass is 16.5. The third-order valence-electron chi connectivity index (χ3n) is 3.53. The Bertz CT molecular complexity index is 639. The molecule has 6 nitrogen and oxygen atoms in total. The van der Waals surface area contributed by atoms with Crippen molar-refractivity contribution in [2.45, 2.75) is 13.2 Å². The fraction of sp³-hybridized carbons (Fsp3) is 0.467. The Kier molecular flexibility index (Phi) is 3.90. The van der Waals surface area contributed by atoms with Crippen molar-refractivity contribution in [3.8, 4) is 11.9 Å². The third kappa shape index (κ3) is 3.06. The van der Waals surface area contributed by atoms with Crippen molar-refractivity contribution < 1.29 is 14.2 Å². The average Bonchev–Trinajstić information content (AvgIpc) is 3.12. The first kappa shape index (κ1) is 14.0. The van der Waals surface area contributed by atoms with E-state index in [9.17, 15) is 0 Å². The lowest BCUT2D eigenvalue weighted by atomic mass is 10.2. The number of ether oxygens (including phenoxy) is 3. The van der Waals surface area contributed by atoms with Crippen LogP contribution in [0.2, 0.25) is 0 Å². The first-order valence-corrected chi connectivity index (χ1v) is 6.93. The molecule has 0 aliphatic carbocycles. The lowest BCUT2D eigenvalue weighted by molar-refractivity contribution is 0.159. The molecule has 1 aromatic carbocycles. The van der Waals surface area contributed by atoms with Crippen molar-refractivity contribution in [1.29, 1.82) is 0 Å². The number of hydrogen-bond donors (Lipinski definition) is 0. The van der Waals surface area contributed by atoms with Gasteiger partial charge in [-0.25, -0.2) is 0 Å². The van der Waals surface area contributed by atoms with Crippen LogP contribution < -0.4 is 9.47 Å². The minimum atomic E-state index is 0.324. The second kappa shape index (κ2) is 5.83. The summed E-state index contributed by atoms with van der Waals surface area (Å²) in [5.74, 6) is 0.539. The summed E-state index contributed by atoms with van der Waals surface area (Å²) in [5.41, 5.74) is 1.98. The molecule has 0 bridgehead atoms. The van der Waals surface area contributed by atoms with E-state index in [1.165, 1.54) is 20.2 Å². The highest BCUT2D eigenvalue weighted by Gasteiger charge is 2.39. The normalized spacial score (nSPS) is 22.2. The molecule has 0 amide bonds. The molecule has 2 saturated heterocycles.